The average Bonchev–Trinajstić information content (AvgIpc) is 2.48. The van der Waals surface area contributed by atoms with Crippen molar-refractivity contribution in [2.75, 3.05) is 13.1 Å². The molecule has 23 heavy (non-hydrogen) atoms. The Morgan fingerprint density at radius 2 is 1.87 bits per heavy atom. The van der Waals surface area contributed by atoms with Crippen LogP contribution in [0.5, 0.6) is 0 Å². The van der Waals surface area contributed by atoms with E-state index in [9.17, 15) is 4.79 Å². The van der Waals surface area contributed by atoms with Crippen LogP contribution in [-0.2, 0) is 11.3 Å². The van der Waals surface area contributed by atoms with Gasteiger partial charge >= 0.3 is 6.09 Å². The maximum absolute atomic E-state index is 12.5. The fourth-order valence-electron chi connectivity index (χ4n) is 3.03. The lowest BCUT2D eigenvalue weighted by molar-refractivity contribution is -0.0158. The minimum absolute atomic E-state index is 0.185. The smallest absolute Gasteiger partial charge is 0.410 e. The van der Waals surface area contributed by atoms with Crippen molar-refractivity contribution in [2.24, 2.45) is 0 Å². The highest BCUT2D eigenvalue weighted by atomic mass is 16.6. The first-order valence-corrected chi connectivity index (χ1v) is 8.57. The number of amides is 1. The van der Waals surface area contributed by atoms with Gasteiger partial charge in [0, 0.05) is 31.7 Å². The van der Waals surface area contributed by atoms with Crippen molar-refractivity contribution in [3.05, 3.63) is 35.9 Å². The molecule has 0 aromatic heterocycles. The molecular formula is C19H30N2O2. The largest absolute Gasteiger partial charge is 0.444 e. The quantitative estimate of drug-likeness (QED) is 0.847. The van der Waals surface area contributed by atoms with Gasteiger partial charge in [0.05, 0.1) is 0 Å². The third-order valence-corrected chi connectivity index (χ3v) is 4.30. The second-order valence-electron chi connectivity index (χ2n) is 7.46. The van der Waals surface area contributed by atoms with E-state index in [2.05, 4.69) is 43.0 Å². The first-order valence-electron chi connectivity index (χ1n) is 8.57. The van der Waals surface area contributed by atoms with E-state index in [-0.39, 0.29) is 12.1 Å². The third-order valence-electron chi connectivity index (χ3n) is 4.30. The molecule has 128 valence electrons. The number of nitrogens with zero attached hydrogens (tertiary/aromatic N) is 2. The zero-order valence-corrected chi connectivity index (χ0v) is 15.1. The van der Waals surface area contributed by atoms with Crippen LogP contribution in [0.3, 0.4) is 0 Å². The van der Waals surface area contributed by atoms with Gasteiger partial charge in [0.2, 0.25) is 0 Å². The SMILES string of the molecule is CC[C@H]1CN(Cc2ccccc2)[C@H](C)CN1C(=O)OC(C)(C)C. The molecule has 2 atom stereocenters. The van der Waals surface area contributed by atoms with Gasteiger partial charge in [-0.15, -0.1) is 0 Å². The Kier molecular flexibility index (Phi) is 5.69. The molecule has 1 aliphatic heterocycles. The Labute approximate surface area is 140 Å². The zero-order valence-electron chi connectivity index (χ0n) is 15.1. The van der Waals surface area contributed by atoms with Crippen molar-refractivity contribution in [1.29, 1.82) is 0 Å². The van der Waals surface area contributed by atoms with Crippen LogP contribution >= 0.6 is 0 Å². The number of carbonyl (C=O) groups excluding carboxylic acids is 1. The van der Waals surface area contributed by atoms with Gasteiger partial charge in [-0.25, -0.2) is 4.79 Å². The molecule has 0 radical (unpaired) electrons. The Morgan fingerprint density at radius 3 is 2.43 bits per heavy atom. The van der Waals surface area contributed by atoms with E-state index in [1.807, 2.05) is 31.7 Å². The summed E-state index contributed by atoms with van der Waals surface area (Å²) >= 11 is 0. The number of benzene rings is 1. The summed E-state index contributed by atoms with van der Waals surface area (Å²) in [4.78, 5) is 16.9. The summed E-state index contributed by atoms with van der Waals surface area (Å²) in [5.41, 5.74) is 0.875. The van der Waals surface area contributed by atoms with Crippen molar-refractivity contribution in [3.63, 3.8) is 0 Å². The van der Waals surface area contributed by atoms with Crippen LogP contribution in [-0.4, -0.2) is 46.7 Å². The molecule has 1 aliphatic rings. The second kappa shape index (κ2) is 7.35. The highest BCUT2D eigenvalue weighted by Crippen LogP contribution is 2.22. The van der Waals surface area contributed by atoms with Crippen molar-refractivity contribution >= 4 is 6.09 Å². The summed E-state index contributed by atoms with van der Waals surface area (Å²) in [5.74, 6) is 0. The number of rotatable bonds is 3. The predicted octanol–water partition coefficient (Wildman–Crippen LogP) is 3.91. The Hall–Kier alpha value is -1.55. The zero-order chi connectivity index (χ0) is 17.0. The molecule has 4 nitrogen and oxygen atoms in total. The molecule has 1 aromatic rings. The first kappa shape index (κ1) is 17.8. The number of hydrogen-bond acceptors (Lipinski definition) is 3. The van der Waals surface area contributed by atoms with E-state index in [0.717, 1.165) is 26.1 Å². The lowest BCUT2D eigenvalue weighted by Gasteiger charge is -2.45. The summed E-state index contributed by atoms with van der Waals surface area (Å²) in [6, 6.07) is 11.1. The third kappa shape index (κ3) is 4.96. The van der Waals surface area contributed by atoms with Crippen LogP contribution in [0.15, 0.2) is 30.3 Å². The number of hydrogen-bond donors (Lipinski definition) is 0. The van der Waals surface area contributed by atoms with Gasteiger partial charge in [0.1, 0.15) is 5.60 Å². The maximum Gasteiger partial charge on any atom is 0.410 e. The molecule has 0 N–H and O–H groups in total. The summed E-state index contributed by atoms with van der Waals surface area (Å²) in [6.07, 6.45) is 0.757. The maximum atomic E-state index is 12.5. The highest BCUT2D eigenvalue weighted by Gasteiger charge is 2.35. The van der Waals surface area contributed by atoms with Crippen molar-refractivity contribution in [2.45, 2.75) is 65.3 Å². The van der Waals surface area contributed by atoms with Gasteiger partial charge in [-0.2, -0.15) is 0 Å². The van der Waals surface area contributed by atoms with Crippen molar-refractivity contribution in [1.82, 2.24) is 9.80 Å². The van der Waals surface area contributed by atoms with Crippen LogP contribution in [0.2, 0.25) is 0 Å². The number of carbonyl (C=O) groups is 1. The highest BCUT2D eigenvalue weighted by molar-refractivity contribution is 5.68. The van der Waals surface area contributed by atoms with Gasteiger partial charge in [-0.1, -0.05) is 37.3 Å². The lowest BCUT2D eigenvalue weighted by Crippen LogP contribution is -2.59. The molecule has 1 aromatic carbocycles. The van der Waals surface area contributed by atoms with Crippen LogP contribution in [0.25, 0.3) is 0 Å². The Balaban J connectivity index is 2.04. The molecule has 1 saturated heterocycles. The monoisotopic (exact) mass is 318 g/mol. The lowest BCUT2D eigenvalue weighted by atomic mass is 10.0. The molecule has 2 rings (SSSR count). The first-order chi connectivity index (χ1) is 10.8. The standard InChI is InChI=1S/C19H30N2O2/c1-6-17-14-20(13-16-10-8-7-9-11-16)15(2)12-21(17)18(22)23-19(3,4)5/h7-11,15,17H,6,12-14H2,1-5H3/t15-,17+/m1/s1. The Bertz CT molecular complexity index is 510. The molecule has 0 saturated carbocycles. The van der Waals surface area contributed by atoms with Gasteiger partial charge in [-0.05, 0) is 39.7 Å². The Morgan fingerprint density at radius 1 is 1.22 bits per heavy atom. The summed E-state index contributed by atoms with van der Waals surface area (Å²) < 4.78 is 5.58. The fraction of sp³-hybridized carbons (Fsp3) is 0.632. The molecule has 0 unspecified atom stereocenters. The van der Waals surface area contributed by atoms with Gasteiger partial charge in [-0.3, -0.25) is 4.90 Å². The van der Waals surface area contributed by atoms with E-state index in [1.165, 1.54) is 5.56 Å². The molecule has 1 amide bonds. The minimum Gasteiger partial charge on any atom is -0.444 e. The summed E-state index contributed by atoms with van der Waals surface area (Å²) in [7, 11) is 0. The fourth-order valence-corrected chi connectivity index (χ4v) is 3.03. The van der Waals surface area contributed by atoms with E-state index in [4.69, 9.17) is 4.74 Å². The van der Waals surface area contributed by atoms with Crippen LogP contribution in [0, 0.1) is 0 Å². The van der Waals surface area contributed by atoms with E-state index in [0.29, 0.717) is 6.04 Å². The van der Waals surface area contributed by atoms with Crippen LogP contribution in [0.1, 0.15) is 46.6 Å². The average molecular weight is 318 g/mol. The van der Waals surface area contributed by atoms with Crippen LogP contribution in [0.4, 0.5) is 4.79 Å². The normalized spacial score (nSPS) is 22.9. The molecule has 0 bridgehead atoms. The van der Waals surface area contributed by atoms with Gasteiger partial charge in [0.25, 0.3) is 0 Å². The number of ether oxygens (including phenoxy) is 1. The minimum atomic E-state index is -0.445. The number of piperazine rings is 1. The van der Waals surface area contributed by atoms with Gasteiger partial charge < -0.3 is 9.64 Å². The van der Waals surface area contributed by atoms with E-state index < -0.39 is 5.60 Å². The summed E-state index contributed by atoms with van der Waals surface area (Å²) in [6.45, 7) is 12.6. The molecule has 0 spiro atoms. The van der Waals surface area contributed by atoms with Crippen molar-refractivity contribution in [3.8, 4) is 0 Å². The van der Waals surface area contributed by atoms with Crippen LogP contribution < -0.4 is 0 Å². The summed E-state index contributed by atoms with van der Waals surface area (Å²) in [5, 5.41) is 0. The molecular weight excluding hydrogens is 288 g/mol. The topological polar surface area (TPSA) is 32.8 Å². The molecule has 1 fully saturated rings. The molecule has 0 aliphatic carbocycles. The van der Waals surface area contributed by atoms with E-state index >= 15 is 0 Å². The predicted molar refractivity (Wildman–Crippen MR) is 93.3 cm³/mol. The van der Waals surface area contributed by atoms with E-state index in [1.54, 1.807) is 0 Å². The molecule has 4 heteroatoms. The second-order valence-corrected chi connectivity index (χ2v) is 7.46. The molecule has 1 heterocycles. The van der Waals surface area contributed by atoms with Crippen molar-refractivity contribution < 1.29 is 9.53 Å². The van der Waals surface area contributed by atoms with Gasteiger partial charge in [0.15, 0.2) is 0 Å².